The van der Waals surface area contributed by atoms with E-state index in [0.717, 1.165) is 0 Å². The number of hydrogen-bond donors (Lipinski definition) is 1. The van der Waals surface area contributed by atoms with Crippen molar-refractivity contribution in [2.75, 3.05) is 0 Å². The lowest BCUT2D eigenvalue weighted by Crippen LogP contribution is -2.06. The third-order valence-corrected chi connectivity index (χ3v) is 2.14. The van der Waals surface area contributed by atoms with Gasteiger partial charge in [0.25, 0.3) is 5.56 Å². The fraction of sp³-hybridized carbons (Fsp3) is 0.222. The van der Waals surface area contributed by atoms with E-state index in [2.05, 4.69) is 10.1 Å². The maximum atomic E-state index is 11.2. The molecule has 0 amide bonds. The lowest BCUT2D eigenvalue weighted by atomic mass is 10.2. The number of nitrogens with one attached hydrogen (secondary N) is 1. The van der Waals surface area contributed by atoms with Crippen LogP contribution in [0.15, 0.2) is 17.1 Å². The van der Waals surface area contributed by atoms with Crippen LogP contribution < -0.4 is 5.56 Å². The summed E-state index contributed by atoms with van der Waals surface area (Å²) in [5.74, 6) is -0.0635. The number of aromatic nitrogens is 3. The van der Waals surface area contributed by atoms with Crippen LogP contribution in [0, 0.1) is 6.92 Å². The highest BCUT2D eigenvalue weighted by Gasteiger charge is 2.08. The highest BCUT2D eigenvalue weighted by molar-refractivity contribution is 5.94. The molecule has 2 aromatic heterocycles. The van der Waals surface area contributed by atoms with Crippen LogP contribution in [0.25, 0.3) is 5.65 Å². The summed E-state index contributed by atoms with van der Waals surface area (Å²) in [6.45, 7) is 3.23. The minimum absolute atomic E-state index is 0.0635. The zero-order valence-corrected chi connectivity index (χ0v) is 7.87. The Bertz CT molecular complexity index is 565. The van der Waals surface area contributed by atoms with E-state index < -0.39 is 0 Å². The van der Waals surface area contributed by atoms with Gasteiger partial charge in [0, 0.05) is 12.3 Å². The van der Waals surface area contributed by atoms with Gasteiger partial charge in [0.05, 0.1) is 11.3 Å². The summed E-state index contributed by atoms with van der Waals surface area (Å²) < 4.78 is 1.51. The van der Waals surface area contributed by atoms with Crippen molar-refractivity contribution in [3.8, 4) is 0 Å². The van der Waals surface area contributed by atoms with Crippen molar-refractivity contribution in [3.63, 3.8) is 0 Å². The number of aryl methyl sites for hydroxylation is 1. The summed E-state index contributed by atoms with van der Waals surface area (Å²) in [7, 11) is 0. The van der Waals surface area contributed by atoms with E-state index in [4.69, 9.17) is 0 Å². The Kier molecular flexibility index (Phi) is 1.73. The van der Waals surface area contributed by atoms with Crippen molar-refractivity contribution in [1.29, 1.82) is 0 Å². The van der Waals surface area contributed by atoms with Gasteiger partial charge in [-0.15, -0.1) is 0 Å². The first kappa shape index (κ1) is 8.68. The summed E-state index contributed by atoms with van der Waals surface area (Å²) in [6, 6.07) is 1.39. The molecule has 0 spiro atoms. The standard InChI is InChI=1S/C9H9N3O2/c1-5-7(6(2)13)4-10-8-3-9(14)11-12(5)8/h3-4H,1-2H3,(H,11,14). The van der Waals surface area contributed by atoms with E-state index in [9.17, 15) is 9.59 Å². The normalized spacial score (nSPS) is 10.7. The van der Waals surface area contributed by atoms with Gasteiger partial charge in [0.15, 0.2) is 11.4 Å². The molecular formula is C9H9N3O2. The highest BCUT2D eigenvalue weighted by atomic mass is 16.1. The number of hydrogen-bond acceptors (Lipinski definition) is 3. The van der Waals surface area contributed by atoms with Crippen LogP contribution in [0.5, 0.6) is 0 Å². The first-order valence-electron chi connectivity index (χ1n) is 4.18. The number of aromatic amines is 1. The minimum Gasteiger partial charge on any atom is -0.294 e. The summed E-state index contributed by atoms with van der Waals surface area (Å²) in [5, 5.41) is 2.57. The second-order valence-corrected chi connectivity index (χ2v) is 3.13. The van der Waals surface area contributed by atoms with Gasteiger partial charge in [-0.25, -0.2) is 9.50 Å². The molecule has 0 unspecified atom stereocenters. The molecule has 5 nitrogen and oxygen atoms in total. The zero-order chi connectivity index (χ0) is 10.3. The van der Waals surface area contributed by atoms with Gasteiger partial charge in [-0.05, 0) is 13.8 Å². The maximum Gasteiger partial charge on any atom is 0.266 e. The van der Waals surface area contributed by atoms with Crippen molar-refractivity contribution in [3.05, 3.63) is 33.9 Å². The van der Waals surface area contributed by atoms with E-state index >= 15 is 0 Å². The fourth-order valence-corrected chi connectivity index (χ4v) is 1.42. The molecule has 2 aromatic rings. The number of rotatable bonds is 1. The van der Waals surface area contributed by atoms with E-state index in [1.807, 2.05) is 0 Å². The number of Topliss-reactive ketones (excluding diaryl/α,β-unsaturated/α-hetero) is 1. The smallest absolute Gasteiger partial charge is 0.266 e. The van der Waals surface area contributed by atoms with Crippen molar-refractivity contribution >= 4 is 11.4 Å². The Morgan fingerprint density at radius 3 is 2.93 bits per heavy atom. The third kappa shape index (κ3) is 1.14. The quantitative estimate of drug-likeness (QED) is 0.669. The highest BCUT2D eigenvalue weighted by Crippen LogP contribution is 2.07. The van der Waals surface area contributed by atoms with Gasteiger partial charge in [-0.2, -0.15) is 0 Å². The molecule has 0 atom stereocenters. The summed E-state index contributed by atoms with van der Waals surface area (Å²) in [6.07, 6.45) is 1.49. The lowest BCUT2D eigenvalue weighted by molar-refractivity contribution is 0.101. The molecule has 0 aromatic carbocycles. The SMILES string of the molecule is CC(=O)c1cnc2cc(=O)[nH]n2c1C. The van der Waals surface area contributed by atoms with E-state index in [1.54, 1.807) is 6.92 Å². The number of nitrogens with zero attached hydrogens (tertiary/aromatic N) is 2. The molecule has 0 fully saturated rings. The number of ketones is 1. The molecule has 0 aliphatic heterocycles. The number of carbonyl (C=O) groups is 1. The summed E-state index contributed by atoms with van der Waals surface area (Å²) in [5.41, 5.74) is 1.52. The van der Waals surface area contributed by atoms with Crippen molar-refractivity contribution in [2.24, 2.45) is 0 Å². The molecule has 0 aliphatic rings. The Labute approximate surface area is 79.4 Å². The molecule has 72 valence electrons. The van der Waals surface area contributed by atoms with Crippen LogP contribution in [0.2, 0.25) is 0 Å². The minimum atomic E-state index is -0.221. The van der Waals surface area contributed by atoms with Crippen LogP contribution in [0.1, 0.15) is 23.0 Å². The van der Waals surface area contributed by atoms with E-state index in [0.29, 0.717) is 16.9 Å². The van der Waals surface area contributed by atoms with E-state index in [-0.39, 0.29) is 11.3 Å². The van der Waals surface area contributed by atoms with Crippen LogP contribution in [0.4, 0.5) is 0 Å². The number of carbonyl (C=O) groups excluding carboxylic acids is 1. The average Bonchev–Trinajstić information content (AvgIpc) is 2.46. The summed E-state index contributed by atoms with van der Waals surface area (Å²) in [4.78, 5) is 26.2. The molecule has 0 radical (unpaired) electrons. The zero-order valence-electron chi connectivity index (χ0n) is 7.87. The number of H-pyrrole nitrogens is 1. The largest absolute Gasteiger partial charge is 0.294 e. The van der Waals surface area contributed by atoms with E-state index in [1.165, 1.54) is 23.7 Å². The van der Waals surface area contributed by atoms with Gasteiger partial charge < -0.3 is 0 Å². The molecule has 5 heteroatoms. The molecule has 2 rings (SSSR count). The van der Waals surface area contributed by atoms with Gasteiger partial charge in [0.2, 0.25) is 0 Å². The molecule has 2 heterocycles. The average molecular weight is 191 g/mol. The first-order valence-corrected chi connectivity index (χ1v) is 4.18. The lowest BCUT2D eigenvalue weighted by Gasteiger charge is -2.03. The van der Waals surface area contributed by atoms with Gasteiger partial charge in [0.1, 0.15) is 0 Å². The summed E-state index contributed by atoms with van der Waals surface area (Å²) >= 11 is 0. The monoisotopic (exact) mass is 191 g/mol. The van der Waals surface area contributed by atoms with Gasteiger partial charge in [-0.3, -0.25) is 14.7 Å². The Morgan fingerprint density at radius 1 is 1.57 bits per heavy atom. The molecule has 0 bridgehead atoms. The second kappa shape index (κ2) is 2.80. The Balaban J connectivity index is 2.87. The predicted molar refractivity (Wildman–Crippen MR) is 50.6 cm³/mol. The number of fused-ring (bicyclic) bond motifs is 1. The van der Waals surface area contributed by atoms with Crippen LogP contribution >= 0.6 is 0 Å². The fourth-order valence-electron chi connectivity index (χ4n) is 1.42. The molecule has 0 saturated carbocycles. The Morgan fingerprint density at radius 2 is 2.29 bits per heavy atom. The molecule has 0 aliphatic carbocycles. The predicted octanol–water partition coefficient (Wildman–Crippen LogP) is 0.534. The molecular weight excluding hydrogens is 182 g/mol. The maximum absolute atomic E-state index is 11.2. The van der Waals surface area contributed by atoms with Crippen LogP contribution in [-0.2, 0) is 0 Å². The van der Waals surface area contributed by atoms with Gasteiger partial charge >= 0.3 is 0 Å². The Hall–Kier alpha value is -1.91. The molecule has 14 heavy (non-hydrogen) atoms. The van der Waals surface area contributed by atoms with Crippen LogP contribution in [0.3, 0.4) is 0 Å². The second-order valence-electron chi connectivity index (χ2n) is 3.13. The first-order chi connectivity index (χ1) is 6.59. The van der Waals surface area contributed by atoms with Crippen LogP contribution in [-0.4, -0.2) is 20.4 Å². The third-order valence-electron chi connectivity index (χ3n) is 2.14. The van der Waals surface area contributed by atoms with Gasteiger partial charge in [-0.1, -0.05) is 0 Å². The molecule has 1 N–H and O–H groups in total. The van der Waals surface area contributed by atoms with Crippen molar-refractivity contribution in [1.82, 2.24) is 14.6 Å². The molecule has 0 saturated heterocycles. The topological polar surface area (TPSA) is 67.2 Å². The van der Waals surface area contributed by atoms with Crippen molar-refractivity contribution in [2.45, 2.75) is 13.8 Å². The van der Waals surface area contributed by atoms with Crippen molar-refractivity contribution < 1.29 is 4.79 Å².